The number of aliphatic carboxylic acids is 1. The Balaban J connectivity index is 1.67. The van der Waals surface area contributed by atoms with E-state index in [0.29, 0.717) is 18.1 Å². The molecule has 4 rings (SSSR count). The van der Waals surface area contributed by atoms with Crippen LogP contribution in [0.15, 0.2) is 47.5 Å². The number of methoxy groups -OCH3 is 1. The summed E-state index contributed by atoms with van der Waals surface area (Å²) >= 11 is 0. The largest absolute Gasteiger partial charge is 0.481 e. The maximum absolute atomic E-state index is 13.1. The van der Waals surface area contributed by atoms with Crippen molar-refractivity contribution in [3.63, 3.8) is 0 Å². The molecule has 9 nitrogen and oxygen atoms in total. The predicted molar refractivity (Wildman–Crippen MR) is 109 cm³/mol. The van der Waals surface area contributed by atoms with E-state index in [1.807, 2.05) is 31.2 Å². The molecule has 2 atom stereocenters. The highest BCUT2D eigenvalue weighted by Gasteiger charge is 2.39. The summed E-state index contributed by atoms with van der Waals surface area (Å²) in [7, 11) is -2.25. The van der Waals surface area contributed by atoms with Crippen LogP contribution in [0.3, 0.4) is 0 Å². The number of rotatable bonds is 6. The molecule has 1 fully saturated rings. The number of hydrogen-bond acceptors (Lipinski definition) is 6. The van der Waals surface area contributed by atoms with Crippen molar-refractivity contribution in [1.82, 2.24) is 19.1 Å². The Morgan fingerprint density at radius 3 is 2.67 bits per heavy atom. The molecule has 3 heterocycles. The Bertz CT molecular complexity index is 1190. The fraction of sp³-hybridized carbons (Fsp3) is 0.350. The van der Waals surface area contributed by atoms with E-state index in [4.69, 9.17) is 4.74 Å². The van der Waals surface area contributed by atoms with Crippen molar-refractivity contribution in [3.8, 4) is 5.88 Å². The third kappa shape index (κ3) is 3.52. The van der Waals surface area contributed by atoms with Crippen molar-refractivity contribution in [2.45, 2.75) is 24.3 Å². The van der Waals surface area contributed by atoms with E-state index in [9.17, 15) is 18.3 Å². The number of hydrogen-bond donors (Lipinski definition) is 1. The Morgan fingerprint density at radius 2 is 2.00 bits per heavy atom. The van der Waals surface area contributed by atoms with E-state index in [-0.39, 0.29) is 29.8 Å². The summed E-state index contributed by atoms with van der Waals surface area (Å²) in [6, 6.07) is 10.2. The number of carboxylic acid groups (broad SMARTS) is 1. The predicted octanol–water partition coefficient (Wildman–Crippen LogP) is 1.95. The molecular formula is C20H22N4O5S. The van der Waals surface area contributed by atoms with Gasteiger partial charge in [-0.1, -0.05) is 25.1 Å². The molecule has 0 aliphatic carbocycles. The van der Waals surface area contributed by atoms with E-state index >= 15 is 0 Å². The molecule has 0 bridgehead atoms. The highest BCUT2D eigenvalue weighted by atomic mass is 32.2. The summed E-state index contributed by atoms with van der Waals surface area (Å²) in [6.45, 7) is 2.55. The molecule has 30 heavy (non-hydrogen) atoms. The second-order valence-electron chi connectivity index (χ2n) is 7.38. The molecule has 1 saturated heterocycles. The molecule has 158 valence electrons. The van der Waals surface area contributed by atoms with Crippen LogP contribution in [0.5, 0.6) is 5.88 Å². The number of aromatic nitrogens is 3. The molecule has 0 unspecified atom stereocenters. The molecular weight excluding hydrogens is 408 g/mol. The first-order chi connectivity index (χ1) is 14.3. The van der Waals surface area contributed by atoms with Crippen LogP contribution in [-0.4, -0.2) is 58.8 Å². The monoisotopic (exact) mass is 430 g/mol. The topological polar surface area (TPSA) is 115 Å². The van der Waals surface area contributed by atoms with Gasteiger partial charge in [0.2, 0.25) is 15.9 Å². The number of benzene rings is 1. The third-order valence-corrected chi connectivity index (χ3v) is 7.23. The van der Waals surface area contributed by atoms with E-state index in [1.165, 1.54) is 29.7 Å². The van der Waals surface area contributed by atoms with E-state index < -0.39 is 16.0 Å². The average Bonchev–Trinajstić information content (AvgIpc) is 3.29. The van der Waals surface area contributed by atoms with Crippen molar-refractivity contribution in [1.29, 1.82) is 0 Å². The summed E-state index contributed by atoms with van der Waals surface area (Å²) < 4.78 is 34.4. The summed E-state index contributed by atoms with van der Waals surface area (Å²) in [5, 5.41) is 14.5. The Morgan fingerprint density at radius 1 is 1.23 bits per heavy atom. The smallest absolute Gasteiger partial charge is 0.309 e. The highest BCUT2D eigenvalue weighted by Crippen LogP contribution is 2.34. The lowest BCUT2D eigenvalue weighted by molar-refractivity contribution is -0.136. The van der Waals surface area contributed by atoms with Crippen LogP contribution in [0.2, 0.25) is 0 Å². The molecule has 0 radical (unpaired) electrons. The van der Waals surface area contributed by atoms with Crippen LogP contribution in [0, 0.1) is 5.92 Å². The maximum Gasteiger partial charge on any atom is 0.309 e. The van der Waals surface area contributed by atoms with E-state index in [0.717, 1.165) is 10.9 Å². The lowest BCUT2D eigenvalue weighted by atomic mass is 10.1. The Kier molecular flexibility index (Phi) is 5.20. The molecule has 1 N–H and O–H groups in total. The van der Waals surface area contributed by atoms with Gasteiger partial charge < -0.3 is 9.84 Å². The number of fused-ring (bicyclic) bond motifs is 1. The SMILES string of the molecule is COc1ccc(S(=O)(=O)N2C[C@@H](C)[C@@H](n3nc(CC(=O)O)c4ccccc43)C2)cn1. The Labute approximate surface area is 174 Å². The van der Waals surface area contributed by atoms with Gasteiger partial charge in [-0.25, -0.2) is 13.4 Å². The molecule has 10 heteroatoms. The molecule has 1 aromatic carbocycles. The number of nitrogens with zero attached hydrogens (tertiary/aromatic N) is 4. The summed E-state index contributed by atoms with van der Waals surface area (Å²) in [5.41, 5.74) is 1.28. The first kappa shape index (κ1) is 20.3. The van der Waals surface area contributed by atoms with E-state index in [1.54, 1.807) is 4.68 Å². The van der Waals surface area contributed by atoms with Crippen LogP contribution in [-0.2, 0) is 21.2 Å². The van der Waals surface area contributed by atoms with E-state index in [2.05, 4.69) is 10.1 Å². The lowest BCUT2D eigenvalue weighted by Gasteiger charge is -2.17. The van der Waals surface area contributed by atoms with Gasteiger partial charge in [0.05, 0.1) is 37.0 Å². The van der Waals surface area contributed by atoms with Crippen molar-refractivity contribution in [2.75, 3.05) is 20.2 Å². The van der Waals surface area contributed by atoms with Crippen LogP contribution < -0.4 is 4.74 Å². The Hall–Kier alpha value is -2.98. The molecule has 1 aliphatic heterocycles. The van der Waals surface area contributed by atoms with Crippen LogP contribution in [0.4, 0.5) is 0 Å². The normalized spacial score (nSPS) is 19.9. The van der Waals surface area contributed by atoms with Crippen LogP contribution in [0.25, 0.3) is 10.9 Å². The van der Waals surface area contributed by atoms with Crippen LogP contribution >= 0.6 is 0 Å². The van der Waals surface area contributed by atoms with Crippen molar-refractivity contribution < 1.29 is 23.1 Å². The number of carboxylic acids is 1. The van der Waals surface area contributed by atoms with Gasteiger partial charge in [0.1, 0.15) is 4.90 Å². The standard InChI is InChI=1S/C20H22N4O5S/c1-13-11-23(30(27,28)14-7-8-19(29-2)21-10-14)12-18(13)24-17-6-4-3-5-15(17)16(22-24)9-20(25)26/h3-8,10,13,18H,9,11-12H2,1-2H3,(H,25,26)/t13-,18+/m1/s1. The van der Waals surface area contributed by atoms with Gasteiger partial charge in [0, 0.05) is 24.5 Å². The fourth-order valence-electron chi connectivity index (χ4n) is 3.89. The minimum absolute atomic E-state index is 0.00744. The van der Waals surface area contributed by atoms with Crippen LogP contribution in [0.1, 0.15) is 18.7 Å². The number of sulfonamides is 1. The van der Waals surface area contributed by atoms with Crippen molar-refractivity contribution in [3.05, 3.63) is 48.3 Å². The number of carbonyl (C=O) groups is 1. The van der Waals surface area contributed by atoms with Gasteiger partial charge >= 0.3 is 5.97 Å². The average molecular weight is 430 g/mol. The molecule has 0 spiro atoms. The second kappa shape index (κ2) is 7.69. The molecule has 2 aromatic heterocycles. The fourth-order valence-corrected chi connectivity index (χ4v) is 5.40. The highest BCUT2D eigenvalue weighted by molar-refractivity contribution is 7.89. The minimum atomic E-state index is -3.72. The lowest BCUT2D eigenvalue weighted by Crippen LogP contribution is -2.29. The quantitative estimate of drug-likeness (QED) is 0.636. The first-order valence-corrected chi connectivity index (χ1v) is 10.9. The van der Waals surface area contributed by atoms with Gasteiger partial charge in [-0.3, -0.25) is 9.48 Å². The van der Waals surface area contributed by atoms with Crippen molar-refractivity contribution in [2.24, 2.45) is 5.92 Å². The number of para-hydroxylation sites is 1. The second-order valence-corrected chi connectivity index (χ2v) is 9.32. The zero-order valence-electron chi connectivity index (χ0n) is 16.6. The molecule has 3 aromatic rings. The van der Waals surface area contributed by atoms with Gasteiger partial charge in [0.15, 0.2) is 0 Å². The van der Waals surface area contributed by atoms with Gasteiger partial charge in [-0.15, -0.1) is 0 Å². The zero-order valence-corrected chi connectivity index (χ0v) is 17.4. The summed E-state index contributed by atoms with van der Waals surface area (Å²) in [6.07, 6.45) is 1.11. The number of ether oxygens (including phenoxy) is 1. The van der Waals surface area contributed by atoms with Gasteiger partial charge in [0.25, 0.3) is 0 Å². The summed E-state index contributed by atoms with van der Waals surface area (Å²) in [4.78, 5) is 15.3. The maximum atomic E-state index is 13.1. The minimum Gasteiger partial charge on any atom is -0.481 e. The molecule has 0 saturated carbocycles. The first-order valence-electron chi connectivity index (χ1n) is 9.49. The van der Waals surface area contributed by atoms with Gasteiger partial charge in [-0.2, -0.15) is 9.40 Å². The molecule has 1 aliphatic rings. The number of pyridine rings is 1. The van der Waals surface area contributed by atoms with Gasteiger partial charge in [-0.05, 0) is 18.1 Å². The van der Waals surface area contributed by atoms with Crippen molar-refractivity contribution >= 4 is 26.9 Å². The third-order valence-electron chi connectivity index (χ3n) is 5.42. The zero-order chi connectivity index (χ0) is 21.5. The summed E-state index contributed by atoms with van der Waals surface area (Å²) in [5.74, 6) is -0.622. The molecule has 0 amide bonds.